The smallest absolute Gasteiger partial charge is 0.243 e. The lowest BCUT2D eigenvalue weighted by Crippen LogP contribution is -2.42. The molecular weight excluding hydrogens is 416 g/mol. The van der Waals surface area contributed by atoms with Gasteiger partial charge in [0.15, 0.2) is 11.5 Å². The number of nitrogens with zero attached hydrogens (tertiary/aromatic N) is 1. The van der Waals surface area contributed by atoms with Crippen LogP contribution in [0.25, 0.3) is 0 Å². The standard InChI is InChI=1S/C23H30N2O5S/c1-3-29-21-11-10-20(16-22(21)30-4-2)31(27,28)25-14-12-19(13-15-25)23(26)24-17-18-8-6-5-7-9-18/h5-11,16,19H,3-4,12-15,17H2,1-2H3,(H,24,26). The fourth-order valence-corrected chi connectivity index (χ4v) is 5.11. The molecule has 7 nitrogen and oxygen atoms in total. The van der Waals surface area contributed by atoms with Crippen LogP contribution < -0.4 is 14.8 Å². The minimum Gasteiger partial charge on any atom is -0.490 e. The molecule has 8 heteroatoms. The lowest BCUT2D eigenvalue weighted by atomic mass is 9.97. The molecular formula is C23H30N2O5S. The van der Waals surface area contributed by atoms with Crippen LogP contribution >= 0.6 is 0 Å². The van der Waals surface area contributed by atoms with Crippen molar-refractivity contribution in [2.45, 2.75) is 38.1 Å². The Morgan fingerprint density at radius 3 is 2.29 bits per heavy atom. The maximum Gasteiger partial charge on any atom is 0.243 e. The molecule has 0 aromatic heterocycles. The van der Waals surface area contributed by atoms with Gasteiger partial charge in [0.1, 0.15) is 0 Å². The molecule has 0 bridgehead atoms. The predicted octanol–water partition coefficient (Wildman–Crippen LogP) is 3.20. The van der Waals surface area contributed by atoms with Gasteiger partial charge in [0.25, 0.3) is 0 Å². The van der Waals surface area contributed by atoms with Crippen LogP contribution in [0.15, 0.2) is 53.4 Å². The van der Waals surface area contributed by atoms with Crippen molar-refractivity contribution in [2.75, 3.05) is 26.3 Å². The van der Waals surface area contributed by atoms with E-state index in [9.17, 15) is 13.2 Å². The molecule has 2 aromatic carbocycles. The molecule has 0 radical (unpaired) electrons. The largest absolute Gasteiger partial charge is 0.490 e. The number of rotatable bonds is 9. The second-order valence-electron chi connectivity index (χ2n) is 7.36. The van der Waals surface area contributed by atoms with Crippen molar-refractivity contribution in [3.8, 4) is 11.5 Å². The van der Waals surface area contributed by atoms with Gasteiger partial charge in [-0.25, -0.2) is 8.42 Å². The summed E-state index contributed by atoms with van der Waals surface area (Å²) in [5.41, 5.74) is 1.04. The van der Waals surface area contributed by atoms with Gasteiger partial charge in [0.05, 0.1) is 18.1 Å². The van der Waals surface area contributed by atoms with Crippen LogP contribution in [0.4, 0.5) is 0 Å². The van der Waals surface area contributed by atoms with E-state index < -0.39 is 10.0 Å². The Morgan fingerprint density at radius 2 is 1.65 bits per heavy atom. The fraction of sp³-hybridized carbons (Fsp3) is 0.435. The van der Waals surface area contributed by atoms with E-state index in [0.29, 0.717) is 57.2 Å². The molecule has 1 N–H and O–H groups in total. The molecule has 1 aliphatic heterocycles. The molecule has 1 saturated heterocycles. The van der Waals surface area contributed by atoms with Crippen molar-refractivity contribution < 1.29 is 22.7 Å². The monoisotopic (exact) mass is 446 g/mol. The molecule has 1 amide bonds. The summed E-state index contributed by atoms with van der Waals surface area (Å²) in [7, 11) is -3.67. The summed E-state index contributed by atoms with van der Waals surface area (Å²) in [6, 6.07) is 14.4. The van der Waals surface area contributed by atoms with E-state index in [1.807, 2.05) is 44.2 Å². The molecule has 168 valence electrons. The van der Waals surface area contributed by atoms with Crippen molar-refractivity contribution in [3.05, 3.63) is 54.1 Å². The van der Waals surface area contributed by atoms with Crippen LogP contribution in [-0.2, 0) is 21.4 Å². The third-order valence-electron chi connectivity index (χ3n) is 5.29. The Bertz CT molecular complexity index is 971. The van der Waals surface area contributed by atoms with Crippen molar-refractivity contribution in [2.24, 2.45) is 5.92 Å². The molecule has 3 rings (SSSR count). The Kier molecular flexibility index (Phi) is 7.92. The van der Waals surface area contributed by atoms with Crippen LogP contribution in [0, 0.1) is 5.92 Å². The van der Waals surface area contributed by atoms with Crippen LogP contribution in [0.2, 0.25) is 0 Å². The van der Waals surface area contributed by atoms with Crippen LogP contribution in [0.5, 0.6) is 11.5 Å². The fourth-order valence-electron chi connectivity index (χ4n) is 3.63. The predicted molar refractivity (Wildman–Crippen MR) is 119 cm³/mol. The van der Waals surface area contributed by atoms with Gasteiger partial charge in [-0.1, -0.05) is 30.3 Å². The van der Waals surface area contributed by atoms with E-state index in [2.05, 4.69) is 5.32 Å². The molecule has 1 heterocycles. The number of sulfonamides is 1. The van der Waals surface area contributed by atoms with Gasteiger partial charge in [-0.05, 0) is 44.4 Å². The number of carbonyl (C=O) groups is 1. The summed E-state index contributed by atoms with van der Waals surface area (Å²) >= 11 is 0. The summed E-state index contributed by atoms with van der Waals surface area (Å²) in [5, 5.41) is 2.96. The van der Waals surface area contributed by atoms with E-state index in [1.165, 1.54) is 10.4 Å². The number of nitrogens with one attached hydrogen (secondary N) is 1. The zero-order valence-electron chi connectivity index (χ0n) is 18.0. The minimum atomic E-state index is -3.67. The number of piperidine rings is 1. The van der Waals surface area contributed by atoms with E-state index in [4.69, 9.17) is 9.47 Å². The highest BCUT2D eigenvalue weighted by atomic mass is 32.2. The van der Waals surface area contributed by atoms with Gasteiger partial charge < -0.3 is 14.8 Å². The third-order valence-corrected chi connectivity index (χ3v) is 7.18. The highest BCUT2D eigenvalue weighted by molar-refractivity contribution is 7.89. The van der Waals surface area contributed by atoms with E-state index in [1.54, 1.807) is 12.1 Å². The van der Waals surface area contributed by atoms with E-state index in [-0.39, 0.29) is 16.7 Å². The first-order chi connectivity index (χ1) is 15.0. The maximum absolute atomic E-state index is 13.1. The molecule has 1 fully saturated rings. The normalized spacial score (nSPS) is 15.4. The molecule has 0 spiro atoms. The third kappa shape index (κ3) is 5.77. The molecule has 31 heavy (non-hydrogen) atoms. The average Bonchev–Trinajstić information content (AvgIpc) is 2.79. The Labute approximate surface area is 184 Å². The van der Waals surface area contributed by atoms with Crippen molar-refractivity contribution >= 4 is 15.9 Å². The first-order valence-electron chi connectivity index (χ1n) is 10.7. The molecule has 0 saturated carbocycles. The van der Waals surface area contributed by atoms with Crippen LogP contribution in [0.1, 0.15) is 32.3 Å². The summed E-state index contributed by atoms with van der Waals surface area (Å²) < 4.78 is 38.8. The Hall–Kier alpha value is -2.58. The maximum atomic E-state index is 13.1. The first kappa shape index (κ1) is 23.1. The molecule has 0 aliphatic carbocycles. The summed E-state index contributed by atoms with van der Waals surface area (Å²) in [6.45, 7) is 5.67. The summed E-state index contributed by atoms with van der Waals surface area (Å²) in [6.07, 6.45) is 0.990. The highest BCUT2D eigenvalue weighted by Gasteiger charge is 2.32. The lowest BCUT2D eigenvalue weighted by molar-refractivity contribution is -0.126. The summed E-state index contributed by atoms with van der Waals surface area (Å²) in [5.74, 6) is 0.729. The SMILES string of the molecule is CCOc1ccc(S(=O)(=O)N2CCC(C(=O)NCc3ccccc3)CC2)cc1OCC. The lowest BCUT2D eigenvalue weighted by Gasteiger charge is -2.30. The van der Waals surface area contributed by atoms with Gasteiger partial charge in [-0.15, -0.1) is 0 Å². The topological polar surface area (TPSA) is 84.9 Å². The number of benzene rings is 2. The highest BCUT2D eigenvalue weighted by Crippen LogP contribution is 2.32. The second-order valence-corrected chi connectivity index (χ2v) is 9.29. The number of hydrogen-bond acceptors (Lipinski definition) is 5. The van der Waals surface area contributed by atoms with Crippen LogP contribution in [0.3, 0.4) is 0 Å². The number of amides is 1. The van der Waals surface area contributed by atoms with Gasteiger partial charge >= 0.3 is 0 Å². The number of carbonyl (C=O) groups excluding carboxylic acids is 1. The van der Waals surface area contributed by atoms with Crippen molar-refractivity contribution in [1.29, 1.82) is 0 Å². The summed E-state index contributed by atoms with van der Waals surface area (Å²) in [4.78, 5) is 12.7. The number of hydrogen-bond donors (Lipinski definition) is 1. The zero-order valence-corrected chi connectivity index (χ0v) is 18.9. The minimum absolute atomic E-state index is 0.0272. The van der Waals surface area contributed by atoms with Gasteiger partial charge in [-0.2, -0.15) is 4.31 Å². The molecule has 2 aromatic rings. The number of ether oxygens (including phenoxy) is 2. The van der Waals surface area contributed by atoms with E-state index in [0.717, 1.165) is 5.56 Å². The molecule has 0 atom stereocenters. The van der Waals surface area contributed by atoms with Gasteiger partial charge in [-0.3, -0.25) is 4.79 Å². The van der Waals surface area contributed by atoms with Crippen molar-refractivity contribution in [3.63, 3.8) is 0 Å². The second kappa shape index (κ2) is 10.6. The van der Waals surface area contributed by atoms with Crippen LogP contribution in [-0.4, -0.2) is 44.9 Å². The Morgan fingerprint density at radius 1 is 1.00 bits per heavy atom. The van der Waals surface area contributed by atoms with Gasteiger partial charge in [0.2, 0.25) is 15.9 Å². The first-order valence-corrected chi connectivity index (χ1v) is 12.1. The average molecular weight is 447 g/mol. The quantitative estimate of drug-likeness (QED) is 0.639. The van der Waals surface area contributed by atoms with E-state index >= 15 is 0 Å². The van der Waals surface area contributed by atoms with Crippen molar-refractivity contribution in [1.82, 2.24) is 9.62 Å². The molecule has 0 unspecified atom stereocenters. The zero-order chi connectivity index (χ0) is 22.3. The Balaban J connectivity index is 1.61. The molecule has 1 aliphatic rings. The van der Waals surface area contributed by atoms with Gasteiger partial charge in [0, 0.05) is 31.6 Å².